The van der Waals surface area contributed by atoms with Crippen molar-refractivity contribution in [2.75, 3.05) is 12.4 Å². The Kier molecular flexibility index (Phi) is 4.32. The van der Waals surface area contributed by atoms with Crippen molar-refractivity contribution in [2.45, 2.75) is 32.8 Å². The van der Waals surface area contributed by atoms with E-state index in [9.17, 15) is 0 Å². The Bertz CT molecular complexity index is 65.8. The van der Waals surface area contributed by atoms with Gasteiger partial charge in [-0.15, -0.1) is 0 Å². The molecule has 2 heteroatoms. The van der Waals surface area contributed by atoms with Crippen molar-refractivity contribution in [3.8, 4) is 0 Å². The highest BCUT2D eigenvalue weighted by molar-refractivity contribution is 7.80. The Morgan fingerprint density at radius 3 is 2.22 bits per heavy atom. The van der Waals surface area contributed by atoms with Crippen molar-refractivity contribution >= 4 is 12.6 Å². The summed E-state index contributed by atoms with van der Waals surface area (Å²) in [4.78, 5) is 0. The van der Waals surface area contributed by atoms with E-state index in [0.29, 0.717) is 0 Å². The second kappa shape index (κ2) is 4.18. The van der Waals surface area contributed by atoms with Crippen LogP contribution in [0.15, 0.2) is 0 Å². The standard InChI is InChI=1S/C7H16OS/c1-7(2,3)8-5-4-6-9/h9H,4-6H2,1-3H3. The maximum Gasteiger partial charge on any atom is 0.0598 e. The van der Waals surface area contributed by atoms with Crippen LogP contribution in [0, 0.1) is 0 Å². The van der Waals surface area contributed by atoms with Crippen LogP contribution in [0.3, 0.4) is 0 Å². The number of hydrogen-bond donors (Lipinski definition) is 1. The highest BCUT2D eigenvalue weighted by atomic mass is 32.1. The molecular weight excluding hydrogens is 132 g/mol. The Balaban J connectivity index is 3.07. The second-order valence-corrected chi connectivity index (χ2v) is 3.49. The molecule has 0 aromatic carbocycles. The van der Waals surface area contributed by atoms with E-state index >= 15 is 0 Å². The zero-order chi connectivity index (χ0) is 7.33. The minimum absolute atomic E-state index is 0.0168. The van der Waals surface area contributed by atoms with Gasteiger partial charge in [0.2, 0.25) is 0 Å². The van der Waals surface area contributed by atoms with Gasteiger partial charge in [-0.25, -0.2) is 0 Å². The molecule has 0 aromatic heterocycles. The van der Waals surface area contributed by atoms with Gasteiger partial charge < -0.3 is 4.74 Å². The summed E-state index contributed by atoms with van der Waals surface area (Å²) >= 11 is 4.07. The summed E-state index contributed by atoms with van der Waals surface area (Å²) in [5.74, 6) is 0.913. The van der Waals surface area contributed by atoms with E-state index in [-0.39, 0.29) is 5.60 Å². The van der Waals surface area contributed by atoms with Crippen molar-refractivity contribution in [2.24, 2.45) is 0 Å². The highest BCUT2D eigenvalue weighted by Gasteiger charge is 2.07. The first-order valence-corrected chi connectivity index (χ1v) is 3.94. The van der Waals surface area contributed by atoms with Crippen molar-refractivity contribution in [1.29, 1.82) is 0 Å². The molecule has 0 radical (unpaired) electrons. The average molecular weight is 148 g/mol. The molecule has 56 valence electrons. The normalized spacial score (nSPS) is 12.0. The lowest BCUT2D eigenvalue weighted by Crippen LogP contribution is -2.19. The van der Waals surface area contributed by atoms with E-state index in [4.69, 9.17) is 4.74 Å². The number of thiol groups is 1. The summed E-state index contributed by atoms with van der Waals surface area (Å²) in [5, 5.41) is 0. The number of hydrogen-bond acceptors (Lipinski definition) is 2. The Labute approximate surface area is 63.2 Å². The van der Waals surface area contributed by atoms with Crippen LogP contribution in [0.1, 0.15) is 27.2 Å². The SMILES string of the molecule is CC(C)(C)OCCCS. The average Bonchev–Trinajstić information content (AvgIpc) is 1.63. The monoisotopic (exact) mass is 148 g/mol. The third-order valence-electron chi connectivity index (χ3n) is 0.838. The molecule has 0 aliphatic carbocycles. The molecule has 0 saturated heterocycles. The van der Waals surface area contributed by atoms with Gasteiger partial charge in [0.1, 0.15) is 0 Å². The molecule has 9 heavy (non-hydrogen) atoms. The largest absolute Gasteiger partial charge is 0.376 e. The zero-order valence-electron chi connectivity index (χ0n) is 6.48. The summed E-state index contributed by atoms with van der Waals surface area (Å²) in [6.45, 7) is 7.01. The van der Waals surface area contributed by atoms with Crippen molar-refractivity contribution < 1.29 is 4.74 Å². The Morgan fingerprint density at radius 2 is 1.89 bits per heavy atom. The predicted octanol–water partition coefficient (Wildman–Crippen LogP) is 2.12. The van der Waals surface area contributed by atoms with E-state index in [2.05, 4.69) is 33.4 Å². The summed E-state index contributed by atoms with van der Waals surface area (Å²) in [5.41, 5.74) is 0.0168. The maximum absolute atomic E-state index is 5.42. The molecule has 0 atom stereocenters. The van der Waals surface area contributed by atoms with E-state index in [1.54, 1.807) is 0 Å². The molecule has 0 aromatic rings. The van der Waals surface area contributed by atoms with Crippen LogP contribution in [0.5, 0.6) is 0 Å². The lowest BCUT2D eigenvalue weighted by Gasteiger charge is -2.18. The van der Waals surface area contributed by atoms with Gasteiger partial charge in [-0.2, -0.15) is 12.6 Å². The fourth-order valence-electron chi connectivity index (χ4n) is 0.443. The fraction of sp³-hybridized carbons (Fsp3) is 1.00. The molecule has 0 unspecified atom stereocenters. The van der Waals surface area contributed by atoms with Crippen LogP contribution in [0.2, 0.25) is 0 Å². The van der Waals surface area contributed by atoms with Crippen LogP contribution in [-0.4, -0.2) is 18.0 Å². The molecule has 0 spiro atoms. The van der Waals surface area contributed by atoms with Crippen molar-refractivity contribution in [3.05, 3.63) is 0 Å². The summed E-state index contributed by atoms with van der Waals surface area (Å²) < 4.78 is 5.42. The molecule has 0 heterocycles. The minimum atomic E-state index is 0.0168. The molecule has 1 nitrogen and oxygen atoms in total. The van der Waals surface area contributed by atoms with Crippen LogP contribution < -0.4 is 0 Å². The first kappa shape index (κ1) is 9.31. The molecule has 0 saturated carbocycles. The zero-order valence-corrected chi connectivity index (χ0v) is 7.37. The summed E-state index contributed by atoms with van der Waals surface area (Å²) in [6.07, 6.45) is 1.04. The molecule has 0 amide bonds. The van der Waals surface area contributed by atoms with Crippen LogP contribution in [0.4, 0.5) is 0 Å². The van der Waals surface area contributed by atoms with Gasteiger partial charge >= 0.3 is 0 Å². The van der Waals surface area contributed by atoms with Gasteiger partial charge in [0, 0.05) is 6.61 Å². The smallest absolute Gasteiger partial charge is 0.0598 e. The van der Waals surface area contributed by atoms with E-state index in [1.165, 1.54) is 0 Å². The molecule has 0 N–H and O–H groups in total. The van der Waals surface area contributed by atoms with Gasteiger partial charge in [0.25, 0.3) is 0 Å². The van der Waals surface area contributed by atoms with Crippen molar-refractivity contribution in [1.82, 2.24) is 0 Å². The van der Waals surface area contributed by atoms with E-state index < -0.39 is 0 Å². The van der Waals surface area contributed by atoms with E-state index in [1.807, 2.05) is 0 Å². The third-order valence-corrected chi connectivity index (χ3v) is 1.15. The highest BCUT2D eigenvalue weighted by Crippen LogP contribution is 2.06. The van der Waals surface area contributed by atoms with Crippen molar-refractivity contribution in [3.63, 3.8) is 0 Å². The first-order chi connectivity index (χ1) is 4.06. The van der Waals surface area contributed by atoms with Crippen LogP contribution in [-0.2, 0) is 4.74 Å². The lowest BCUT2D eigenvalue weighted by molar-refractivity contribution is -0.00193. The second-order valence-electron chi connectivity index (χ2n) is 3.04. The Morgan fingerprint density at radius 1 is 1.33 bits per heavy atom. The molecule has 0 aliphatic rings. The molecule has 0 aliphatic heterocycles. The van der Waals surface area contributed by atoms with Crippen LogP contribution >= 0.6 is 12.6 Å². The van der Waals surface area contributed by atoms with Gasteiger partial charge in [-0.3, -0.25) is 0 Å². The third kappa shape index (κ3) is 8.31. The minimum Gasteiger partial charge on any atom is -0.376 e. The van der Waals surface area contributed by atoms with Gasteiger partial charge in [-0.1, -0.05) is 0 Å². The number of ether oxygens (including phenoxy) is 1. The molecular formula is C7H16OS. The number of rotatable bonds is 3. The van der Waals surface area contributed by atoms with Gasteiger partial charge in [0.05, 0.1) is 5.60 Å². The first-order valence-electron chi connectivity index (χ1n) is 3.31. The maximum atomic E-state index is 5.42. The quantitative estimate of drug-likeness (QED) is 0.476. The summed E-state index contributed by atoms with van der Waals surface area (Å²) in [7, 11) is 0. The fourth-order valence-corrected chi connectivity index (χ4v) is 0.572. The van der Waals surface area contributed by atoms with Crippen LogP contribution in [0.25, 0.3) is 0 Å². The molecule has 0 fully saturated rings. The lowest BCUT2D eigenvalue weighted by atomic mass is 10.2. The van der Waals surface area contributed by atoms with Gasteiger partial charge in [0.15, 0.2) is 0 Å². The molecule has 0 rings (SSSR count). The van der Waals surface area contributed by atoms with E-state index in [0.717, 1.165) is 18.8 Å². The van der Waals surface area contributed by atoms with Gasteiger partial charge in [-0.05, 0) is 32.9 Å². The predicted molar refractivity (Wildman–Crippen MR) is 44.2 cm³/mol. The topological polar surface area (TPSA) is 9.23 Å². The Hall–Kier alpha value is 0.310. The summed E-state index contributed by atoms with van der Waals surface area (Å²) in [6, 6.07) is 0. The molecule has 0 bridgehead atoms.